The molecule has 5 aromatic rings. The zero-order chi connectivity index (χ0) is 20.1. The van der Waals surface area contributed by atoms with Crippen LogP contribution in [0, 0.1) is 0 Å². The molecule has 0 atom stereocenters. The maximum absolute atomic E-state index is 13.4. The van der Waals surface area contributed by atoms with E-state index in [9.17, 15) is 4.79 Å². The summed E-state index contributed by atoms with van der Waals surface area (Å²) in [7, 11) is 0. The van der Waals surface area contributed by atoms with Gasteiger partial charge in [-0.05, 0) is 48.5 Å². The third kappa shape index (κ3) is 2.67. The fourth-order valence-electron chi connectivity index (χ4n) is 4.03. The molecule has 0 bridgehead atoms. The van der Waals surface area contributed by atoms with Crippen molar-refractivity contribution in [2.24, 2.45) is 0 Å². The second kappa shape index (κ2) is 6.68. The Morgan fingerprint density at radius 3 is 2.13 bits per heavy atom. The van der Waals surface area contributed by atoms with Gasteiger partial charge >= 0.3 is 6.03 Å². The number of anilines is 3. The summed E-state index contributed by atoms with van der Waals surface area (Å²) < 4.78 is 0. The molecule has 0 aliphatic carbocycles. The van der Waals surface area contributed by atoms with Gasteiger partial charge in [0.25, 0.3) is 0 Å². The van der Waals surface area contributed by atoms with Gasteiger partial charge in [-0.25, -0.2) is 4.79 Å². The van der Waals surface area contributed by atoms with Crippen LogP contribution in [-0.4, -0.2) is 11.0 Å². The number of amides is 2. The van der Waals surface area contributed by atoms with Crippen LogP contribution in [0.2, 0.25) is 0 Å². The van der Waals surface area contributed by atoms with E-state index < -0.39 is 0 Å². The molecule has 4 aromatic carbocycles. The average Bonchev–Trinajstić information content (AvgIpc) is 3.15. The zero-order valence-electron chi connectivity index (χ0n) is 15.9. The highest BCUT2D eigenvalue weighted by molar-refractivity contribution is 7.99. The Labute approximate surface area is 177 Å². The smallest absolute Gasteiger partial charge is 0.331 e. The number of carbonyl (C=O) groups is 1. The lowest BCUT2D eigenvalue weighted by atomic mass is 10.1. The van der Waals surface area contributed by atoms with Crippen LogP contribution in [-0.2, 0) is 0 Å². The molecule has 1 aromatic heterocycles. The molecule has 30 heavy (non-hydrogen) atoms. The Hall–Kier alpha value is -3.70. The number of nitrogens with zero attached hydrogens (tertiary/aromatic N) is 1. The van der Waals surface area contributed by atoms with Gasteiger partial charge in [-0.2, -0.15) is 0 Å². The summed E-state index contributed by atoms with van der Waals surface area (Å²) in [5.74, 6) is 0. The van der Waals surface area contributed by atoms with Crippen molar-refractivity contribution in [3.8, 4) is 0 Å². The van der Waals surface area contributed by atoms with Gasteiger partial charge in [-0.1, -0.05) is 54.2 Å². The standard InChI is InChI=1S/C25H17N3OS/c29-25(26-16-13-14-20-18(15-16)17-7-1-2-8-19(17)27-20)28-21-9-3-5-11-23(21)30-24-12-6-4-10-22(24)28/h1-15,27H,(H,26,29). The first-order chi connectivity index (χ1) is 14.8. The van der Waals surface area contributed by atoms with Crippen LogP contribution in [0.1, 0.15) is 0 Å². The second-order valence-corrected chi connectivity index (χ2v) is 8.32. The minimum Gasteiger partial charge on any atom is -0.355 e. The van der Waals surface area contributed by atoms with Gasteiger partial charge in [-0.15, -0.1) is 0 Å². The van der Waals surface area contributed by atoms with Crippen molar-refractivity contribution in [1.29, 1.82) is 0 Å². The van der Waals surface area contributed by atoms with E-state index in [4.69, 9.17) is 0 Å². The van der Waals surface area contributed by atoms with Crippen molar-refractivity contribution >= 4 is 56.7 Å². The number of hydrogen-bond acceptors (Lipinski definition) is 2. The summed E-state index contributed by atoms with van der Waals surface area (Å²) >= 11 is 1.69. The van der Waals surface area contributed by atoms with Gasteiger partial charge in [-0.3, -0.25) is 4.90 Å². The van der Waals surface area contributed by atoms with Gasteiger partial charge in [0.05, 0.1) is 11.4 Å². The van der Waals surface area contributed by atoms with E-state index in [1.807, 2.05) is 78.9 Å². The highest BCUT2D eigenvalue weighted by atomic mass is 32.2. The van der Waals surface area contributed by atoms with E-state index >= 15 is 0 Å². The number of urea groups is 1. The van der Waals surface area contributed by atoms with E-state index in [0.29, 0.717) is 0 Å². The summed E-state index contributed by atoms with van der Waals surface area (Å²) in [6, 6.07) is 30.0. The zero-order valence-corrected chi connectivity index (χ0v) is 16.7. The van der Waals surface area contributed by atoms with Gasteiger partial charge < -0.3 is 10.3 Å². The van der Waals surface area contributed by atoms with E-state index in [-0.39, 0.29) is 6.03 Å². The Kier molecular flexibility index (Phi) is 3.82. The first-order valence-corrected chi connectivity index (χ1v) is 10.6. The molecule has 1 aliphatic heterocycles. The summed E-state index contributed by atoms with van der Waals surface area (Å²) in [4.78, 5) is 20.8. The molecular weight excluding hydrogens is 390 g/mol. The van der Waals surface area contributed by atoms with Crippen molar-refractivity contribution in [2.45, 2.75) is 9.79 Å². The van der Waals surface area contributed by atoms with E-state index in [1.54, 1.807) is 16.7 Å². The van der Waals surface area contributed by atoms with Crippen LogP contribution in [0.4, 0.5) is 21.9 Å². The molecule has 1 aliphatic rings. The van der Waals surface area contributed by atoms with Crippen molar-refractivity contribution in [3.63, 3.8) is 0 Å². The van der Waals surface area contributed by atoms with Crippen LogP contribution in [0.5, 0.6) is 0 Å². The molecule has 0 unspecified atom stereocenters. The highest BCUT2D eigenvalue weighted by Gasteiger charge is 2.28. The lowest BCUT2D eigenvalue weighted by Crippen LogP contribution is -2.32. The summed E-state index contributed by atoms with van der Waals surface area (Å²) in [6.45, 7) is 0. The molecule has 0 spiro atoms. The minimum absolute atomic E-state index is 0.172. The lowest BCUT2D eigenvalue weighted by molar-refractivity contribution is 0.259. The van der Waals surface area contributed by atoms with Crippen molar-refractivity contribution in [3.05, 3.63) is 91.0 Å². The number of rotatable bonds is 1. The highest BCUT2D eigenvalue weighted by Crippen LogP contribution is 2.48. The summed E-state index contributed by atoms with van der Waals surface area (Å²) in [5, 5.41) is 5.35. The van der Waals surface area contributed by atoms with E-state index in [1.165, 1.54) is 0 Å². The normalized spacial score (nSPS) is 12.6. The molecule has 2 heterocycles. The molecule has 5 heteroatoms. The molecule has 2 N–H and O–H groups in total. The number of para-hydroxylation sites is 3. The Balaban J connectivity index is 1.41. The number of carbonyl (C=O) groups excluding carboxylic acids is 1. The van der Waals surface area contributed by atoms with Gasteiger partial charge in [0.15, 0.2) is 0 Å². The largest absolute Gasteiger partial charge is 0.355 e. The predicted octanol–water partition coefficient (Wildman–Crippen LogP) is 7.16. The second-order valence-electron chi connectivity index (χ2n) is 7.23. The molecule has 0 radical (unpaired) electrons. The Morgan fingerprint density at radius 1 is 0.733 bits per heavy atom. The Morgan fingerprint density at radius 2 is 1.37 bits per heavy atom. The fraction of sp³-hybridized carbons (Fsp3) is 0. The third-order valence-corrected chi connectivity index (χ3v) is 6.52. The minimum atomic E-state index is -0.172. The molecule has 0 saturated carbocycles. The van der Waals surface area contributed by atoms with Crippen molar-refractivity contribution in [2.75, 3.05) is 10.2 Å². The molecule has 6 rings (SSSR count). The maximum atomic E-state index is 13.4. The van der Waals surface area contributed by atoms with Crippen LogP contribution in [0.25, 0.3) is 21.8 Å². The third-order valence-electron chi connectivity index (χ3n) is 5.39. The number of hydrogen-bond donors (Lipinski definition) is 2. The molecular formula is C25H17N3OS. The first kappa shape index (κ1) is 17.2. The predicted molar refractivity (Wildman–Crippen MR) is 124 cm³/mol. The van der Waals surface area contributed by atoms with Crippen molar-refractivity contribution in [1.82, 2.24) is 4.98 Å². The average molecular weight is 407 g/mol. The summed E-state index contributed by atoms with van der Waals surface area (Å²) in [5.41, 5.74) is 4.70. The topological polar surface area (TPSA) is 48.1 Å². The van der Waals surface area contributed by atoms with Crippen LogP contribution in [0.15, 0.2) is 101 Å². The van der Waals surface area contributed by atoms with E-state index in [2.05, 4.69) is 22.4 Å². The van der Waals surface area contributed by atoms with Gasteiger partial charge in [0, 0.05) is 37.3 Å². The lowest BCUT2D eigenvalue weighted by Gasteiger charge is -2.31. The number of nitrogens with one attached hydrogen (secondary N) is 2. The van der Waals surface area contributed by atoms with Gasteiger partial charge in [0.2, 0.25) is 0 Å². The first-order valence-electron chi connectivity index (χ1n) is 9.75. The molecule has 0 fully saturated rings. The SMILES string of the molecule is O=C(Nc1ccc2[nH]c3ccccc3c2c1)N1c2ccccc2Sc2ccccc21. The van der Waals surface area contributed by atoms with Gasteiger partial charge in [0.1, 0.15) is 0 Å². The van der Waals surface area contributed by atoms with Crippen LogP contribution >= 0.6 is 11.8 Å². The number of H-pyrrole nitrogens is 1. The molecule has 0 saturated heterocycles. The number of benzene rings is 4. The maximum Gasteiger partial charge on any atom is 0.331 e. The van der Waals surface area contributed by atoms with Crippen LogP contribution in [0.3, 0.4) is 0 Å². The quantitative estimate of drug-likeness (QED) is 0.310. The molecule has 144 valence electrons. The number of aromatic nitrogens is 1. The molecule has 2 amide bonds. The number of fused-ring (bicyclic) bond motifs is 5. The van der Waals surface area contributed by atoms with Crippen LogP contribution < -0.4 is 10.2 Å². The number of aromatic amines is 1. The Bertz CT molecular complexity index is 1390. The summed E-state index contributed by atoms with van der Waals surface area (Å²) in [6.07, 6.45) is 0. The molecule has 4 nitrogen and oxygen atoms in total. The van der Waals surface area contributed by atoms with E-state index in [0.717, 1.165) is 48.7 Å². The monoisotopic (exact) mass is 407 g/mol. The fourth-order valence-corrected chi connectivity index (χ4v) is 5.09. The van der Waals surface area contributed by atoms with Crippen molar-refractivity contribution < 1.29 is 4.79 Å².